The van der Waals surface area contributed by atoms with Gasteiger partial charge in [-0.2, -0.15) is 13.2 Å². The Morgan fingerprint density at radius 1 is 1.05 bits per heavy atom. The van der Waals surface area contributed by atoms with Gasteiger partial charge in [-0.05, 0) is 88.8 Å². The Morgan fingerprint density at radius 3 is 2.37 bits per heavy atom. The number of hydrogen-bond acceptors (Lipinski definition) is 6. The van der Waals surface area contributed by atoms with Crippen LogP contribution in [0.5, 0.6) is 11.5 Å². The zero-order chi connectivity index (χ0) is 29.8. The summed E-state index contributed by atoms with van der Waals surface area (Å²) < 4.78 is 56.5. The monoisotopic (exact) mass is 595 g/mol. The van der Waals surface area contributed by atoms with E-state index >= 15 is 0 Å². The van der Waals surface area contributed by atoms with Gasteiger partial charge >= 0.3 is 18.2 Å². The van der Waals surface area contributed by atoms with Gasteiger partial charge in [-0.1, -0.05) is 17.7 Å². The highest BCUT2D eigenvalue weighted by molar-refractivity contribution is 6.30. The number of halogens is 4. The molecule has 0 aliphatic carbocycles. The molecule has 1 aliphatic heterocycles. The SMILES string of the molecule is CC(C)(C)OC(=O)N1CCC(CCCn2c(COc3ccc(Cl)cc3)nc3c(OC(=O)C(F)(F)F)cccc32)CC1. The molecule has 1 saturated heterocycles. The van der Waals surface area contributed by atoms with Gasteiger partial charge in [0.25, 0.3) is 0 Å². The number of hydrogen-bond donors (Lipinski definition) is 0. The summed E-state index contributed by atoms with van der Waals surface area (Å²) in [5.74, 6) is -1.14. The molecule has 12 heteroatoms. The molecule has 0 spiro atoms. The summed E-state index contributed by atoms with van der Waals surface area (Å²) >= 11 is 5.95. The van der Waals surface area contributed by atoms with Crippen LogP contribution >= 0.6 is 11.6 Å². The molecule has 0 N–H and O–H groups in total. The number of ether oxygens (including phenoxy) is 3. The standard InChI is InChI=1S/C29H33ClF3N3O5/c1-28(2,3)41-27(38)35-16-13-19(14-17-35)6-5-15-36-22-7-4-8-23(40-26(37)29(31,32)33)25(22)34-24(36)18-39-21-11-9-20(30)10-12-21/h4,7-12,19H,5-6,13-18H2,1-3H3. The van der Waals surface area contributed by atoms with Crippen LogP contribution in [-0.2, 0) is 22.7 Å². The van der Waals surface area contributed by atoms with Gasteiger partial charge in [0.2, 0.25) is 0 Å². The number of amides is 1. The Balaban J connectivity index is 1.46. The molecule has 1 fully saturated rings. The number of rotatable bonds is 8. The minimum Gasteiger partial charge on any atom is -0.486 e. The molecule has 0 saturated carbocycles. The van der Waals surface area contributed by atoms with E-state index < -0.39 is 17.7 Å². The molecule has 0 unspecified atom stereocenters. The first-order chi connectivity index (χ1) is 19.3. The van der Waals surface area contributed by atoms with Crippen molar-refractivity contribution < 1.29 is 37.0 Å². The van der Waals surface area contributed by atoms with Crippen molar-refractivity contribution in [3.05, 3.63) is 53.3 Å². The quantitative estimate of drug-likeness (QED) is 0.203. The van der Waals surface area contributed by atoms with Crippen molar-refractivity contribution in [3.63, 3.8) is 0 Å². The highest BCUT2D eigenvalue weighted by Gasteiger charge is 2.41. The number of esters is 1. The van der Waals surface area contributed by atoms with Crippen LogP contribution in [0.25, 0.3) is 11.0 Å². The summed E-state index contributed by atoms with van der Waals surface area (Å²) in [6, 6.07) is 11.3. The Morgan fingerprint density at radius 2 is 1.73 bits per heavy atom. The maximum atomic E-state index is 12.9. The van der Waals surface area contributed by atoms with Gasteiger partial charge in [-0.15, -0.1) is 0 Å². The van der Waals surface area contributed by atoms with Gasteiger partial charge in [0.1, 0.15) is 29.3 Å². The van der Waals surface area contributed by atoms with Crippen molar-refractivity contribution in [2.24, 2.45) is 5.92 Å². The lowest BCUT2D eigenvalue weighted by Gasteiger charge is -2.33. The van der Waals surface area contributed by atoms with E-state index in [2.05, 4.69) is 9.72 Å². The number of nitrogens with zero attached hydrogens (tertiary/aromatic N) is 3. The average Bonchev–Trinajstić information content (AvgIpc) is 3.25. The molecule has 222 valence electrons. The Hall–Kier alpha value is -3.47. The summed E-state index contributed by atoms with van der Waals surface area (Å²) in [5, 5.41) is 0.553. The minimum absolute atomic E-state index is 0.0389. The number of alkyl halides is 3. The molecule has 0 radical (unpaired) electrons. The number of likely N-dealkylation sites (tertiary alicyclic amines) is 1. The average molecular weight is 596 g/mol. The number of benzene rings is 2. The largest absolute Gasteiger partial charge is 0.491 e. The second kappa shape index (κ2) is 12.6. The number of piperidine rings is 1. The third kappa shape index (κ3) is 8.28. The van der Waals surface area contributed by atoms with E-state index in [1.54, 1.807) is 35.2 Å². The topological polar surface area (TPSA) is 82.9 Å². The Bertz CT molecular complexity index is 1360. The van der Waals surface area contributed by atoms with Crippen molar-refractivity contribution in [2.75, 3.05) is 13.1 Å². The molecule has 1 amide bonds. The highest BCUT2D eigenvalue weighted by Crippen LogP contribution is 2.30. The third-order valence-corrected chi connectivity index (χ3v) is 6.95. The number of para-hydroxylation sites is 1. The van der Waals surface area contributed by atoms with Gasteiger partial charge < -0.3 is 23.7 Å². The summed E-state index contributed by atoms with van der Waals surface area (Å²) in [5.41, 5.74) is 0.138. The first-order valence-electron chi connectivity index (χ1n) is 13.4. The first-order valence-corrected chi connectivity index (χ1v) is 13.8. The lowest BCUT2D eigenvalue weighted by atomic mass is 9.92. The van der Waals surface area contributed by atoms with Gasteiger partial charge in [0, 0.05) is 24.7 Å². The lowest BCUT2D eigenvalue weighted by molar-refractivity contribution is -0.189. The zero-order valence-corrected chi connectivity index (χ0v) is 23.9. The summed E-state index contributed by atoms with van der Waals surface area (Å²) in [6.07, 6.45) is -2.06. The van der Waals surface area contributed by atoms with Crippen LogP contribution in [0, 0.1) is 5.92 Å². The maximum absolute atomic E-state index is 12.9. The number of fused-ring (bicyclic) bond motifs is 1. The van der Waals surface area contributed by atoms with Crippen LogP contribution in [0.3, 0.4) is 0 Å². The van der Waals surface area contributed by atoms with Crippen molar-refractivity contribution in [1.82, 2.24) is 14.5 Å². The predicted octanol–water partition coefficient (Wildman–Crippen LogP) is 7.16. The minimum atomic E-state index is -5.13. The van der Waals surface area contributed by atoms with Crippen molar-refractivity contribution >= 4 is 34.7 Å². The van der Waals surface area contributed by atoms with Crippen LogP contribution in [0.1, 0.15) is 52.3 Å². The van der Waals surface area contributed by atoms with Crippen LogP contribution in [-0.4, -0.2) is 51.4 Å². The molecule has 41 heavy (non-hydrogen) atoms. The molecule has 1 aromatic heterocycles. The molecular formula is C29H33ClF3N3O5. The number of imidazole rings is 1. The van der Waals surface area contributed by atoms with E-state index in [0.717, 1.165) is 25.7 Å². The van der Waals surface area contributed by atoms with E-state index in [9.17, 15) is 22.8 Å². The molecule has 1 aliphatic rings. The summed E-state index contributed by atoms with van der Waals surface area (Å²) in [4.78, 5) is 30.2. The second-order valence-corrected chi connectivity index (χ2v) is 11.4. The fraction of sp³-hybridized carbons (Fsp3) is 0.483. The highest BCUT2D eigenvalue weighted by atomic mass is 35.5. The molecule has 0 atom stereocenters. The van der Waals surface area contributed by atoms with Crippen LogP contribution < -0.4 is 9.47 Å². The fourth-order valence-corrected chi connectivity index (χ4v) is 4.84. The van der Waals surface area contributed by atoms with Crippen LogP contribution in [0.4, 0.5) is 18.0 Å². The maximum Gasteiger partial charge on any atom is 0.491 e. The second-order valence-electron chi connectivity index (χ2n) is 11.0. The molecule has 2 heterocycles. The molecule has 8 nitrogen and oxygen atoms in total. The van der Waals surface area contributed by atoms with Crippen LogP contribution in [0.2, 0.25) is 5.02 Å². The van der Waals surface area contributed by atoms with Crippen LogP contribution in [0.15, 0.2) is 42.5 Å². The van der Waals surface area contributed by atoms with E-state index in [0.29, 0.717) is 47.7 Å². The lowest BCUT2D eigenvalue weighted by Crippen LogP contribution is -2.41. The van der Waals surface area contributed by atoms with Gasteiger partial charge in [0.05, 0.1) is 5.52 Å². The van der Waals surface area contributed by atoms with Crippen molar-refractivity contribution in [2.45, 2.75) is 71.4 Å². The van der Waals surface area contributed by atoms with Gasteiger partial charge in [-0.25, -0.2) is 14.6 Å². The summed E-state index contributed by atoms with van der Waals surface area (Å²) in [7, 11) is 0. The van der Waals surface area contributed by atoms with Gasteiger partial charge in [0.15, 0.2) is 5.75 Å². The number of aryl methyl sites for hydroxylation is 1. The number of carbonyl (C=O) groups is 2. The smallest absolute Gasteiger partial charge is 0.486 e. The normalized spacial score (nSPS) is 14.8. The molecule has 3 aromatic rings. The summed E-state index contributed by atoms with van der Waals surface area (Å²) in [6.45, 7) is 7.35. The number of carbonyl (C=O) groups excluding carboxylic acids is 2. The van der Waals surface area contributed by atoms with Crippen molar-refractivity contribution in [1.29, 1.82) is 0 Å². The zero-order valence-electron chi connectivity index (χ0n) is 23.2. The Labute approximate surface area is 241 Å². The third-order valence-electron chi connectivity index (χ3n) is 6.70. The predicted molar refractivity (Wildman–Crippen MR) is 147 cm³/mol. The fourth-order valence-electron chi connectivity index (χ4n) is 4.72. The molecule has 2 aromatic carbocycles. The Kier molecular flexibility index (Phi) is 9.36. The van der Waals surface area contributed by atoms with E-state index in [1.165, 1.54) is 12.1 Å². The van der Waals surface area contributed by atoms with Gasteiger partial charge in [-0.3, -0.25) is 0 Å². The van der Waals surface area contributed by atoms with E-state index in [1.807, 2.05) is 25.3 Å². The van der Waals surface area contributed by atoms with E-state index in [4.69, 9.17) is 21.1 Å². The van der Waals surface area contributed by atoms with E-state index in [-0.39, 0.29) is 24.0 Å². The molecule has 0 bridgehead atoms. The molecule has 4 rings (SSSR count). The molecular weight excluding hydrogens is 563 g/mol. The number of aromatic nitrogens is 2. The first kappa shape index (κ1) is 30.5. The van der Waals surface area contributed by atoms with Crippen molar-refractivity contribution in [3.8, 4) is 11.5 Å².